The third-order valence-electron chi connectivity index (χ3n) is 3.29. The van der Waals surface area contributed by atoms with Crippen LogP contribution in [0.5, 0.6) is 5.88 Å². The zero-order valence-corrected chi connectivity index (χ0v) is 14.2. The first-order chi connectivity index (χ1) is 12.2. The van der Waals surface area contributed by atoms with Crippen molar-refractivity contribution in [3.05, 3.63) is 47.6 Å². The van der Waals surface area contributed by atoms with Gasteiger partial charge in [0.05, 0.1) is 27.6 Å². The Morgan fingerprint density at radius 2 is 2.04 bits per heavy atom. The van der Waals surface area contributed by atoms with Gasteiger partial charge in [-0.2, -0.15) is 9.37 Å². The molecule has 130 valence electrons. The van der Waals surface area contributed by atoms with Gasteiger partial charge in [0.15, 0.2) is 0 Å². The van der Waals surface area contributed by atoms with Gasteiger partial charge in [-0.25, -0.2) is 4.98 Å². The predicted octanol–water partition coefficient (Wildman–Crippen LogP) is 3.17. The van der Waals surface area contributed by atoms with E-state index in [-0.39, 0.29) is 25.1 Å². The highest BCUT2D eigenvalue weighted by Gasteiger charge is 2.07. The monoisotopic (exact) mass is 361 g/mol. The number of rotatable bonds is 8. The number of esters is 1. The first-order valence-corrected chi connectivity index (χ1v) is 8.63. The molecule has 0 aliphatic heterocycles. The molecular weight excluding hydrogens is 345 g/mol. The number of hydrogen-bond acceptors (Lipinski definition) is 7. The minimum absolute atomic E-state index is 0.0619. The Morgan fingerprint density at radius 1 is 1.16 bits per heavy atom. The quantitative estimate of drug-likeness (QED) is 0.453. The van der Waals surface area contributed by atoms with Gasteiger partial charge in [0.2, 0.25) is 11.8 Å². The van der Waals surface area contributed by atoms with Crippen molar-refractivity contribution in [1.29, 1.82) is 0 Å². The first-order valence-electron chi connectivity index (χ1n) is 7.81. The molecule has 0 N–H and O–H groups in total. The second kappa shape index (κ2) is 8.48. The average molecular weight is 361 g/mol. The minimum Gasteiger partial charge on any atom is -0.473 e. The zero-order valence-electron chi connectivity index (χ0n) is 13.4. The van der Waals surface area contributed by atoms with Crippen LogP contribution < -0.4 is 4.74 Å². The number of nitrogens with zero attached hydrogens (tertiary/aromatic N) is 3. The standard InChI is InChI=1S/C17H16FN3O3S/c18-14-10-19-11-15(21-14)23-8-9-24-17(22)7-3-6-16-20-12-4-1-2-5-13(12)25-16/h1-2,4-5,10-11H,3,6-9H2. The van der Waals surface area contributed by atoms with Gasteiger partial charge in [-0.3, -0.25) is 9.78 Å². The molecule has 1 aromatic carbocycles. The van der Waals surface area contributed by atoms with Crippen LogP contribution in [0, 0.1) is 5.95 Å². The Labute approximate surface area is 147 Å². The number of aryl methyl sites for hydroxylation is 1. The van der Waals surface area contributed by atoms with E-state index >= 15 is 0 Å². The summed E-state index contributed by atoms with van der Waals surface area (Å²) in [5.41, 5.74) is 0.989. The van der Waals surface area contributed by atoms with Crippen LogP contribution in [0.3, 0.4) is 0 Å². The Bertz CT molecular complexity index is 823. The smallest absolute Gasteiger partial charge is 0.305 e. The molecule has 0 fully saturated rings. The molecule has 3 aromatic rings. The summed E-state index contributed by atoms with van der Waals surface area (Å²) in [7, 11) is 0. The van der Waals surface area contributed by atoms with E-state index in [1.54, 1.807) is 11.3 Å². The molecule has 0 radical (unpaired) electrons. The molecule has 25 heavy (non-hydrogen) atoms. The molecule has 0 spiro atoms. The predicted molar refractivity (Wildman–Crippen MR) is 91.0 cm³/mol. The number of carbonyl (C=O) groups is 1. The molecule has 2 aromatic heterocycles. The lowest BCUT2D eigenvalue weighted by atomic mass is 10.2. The van der Waals surface area contributed by atoms with Gasteiger partial charge in [-0.15, -0.1) is 11.3 Å². The van der Waals surface area contributed by atoms with E-state index in [4.69, 9.17) is 9.47 Å². The summed E-state index contributed by atoms with van der Waals surface area (Å²) in [6.07, 6.45) is 4.01. The normalized spacial score (nSPS) is 10.8. The SMILES string of the molecule is O=C(CCCc1nc2ccccc2s1)OCCOc1cncc(F)n1. The summed E-state index contributed by atoms with van der Waals surface area (Å²) in [6.45, 7) is 0.180. The van der Waals surface area contributed by atoms with Gasteiger partial charge in [0.1, 0.15) is 13.2 Å². The van der Waals surface area contributed by atoms with E-state index in [1.807, 2.05) is 24.3 Å². The Balaban J connectivity index is 1.32. The number of ether oxygens (including phenoxy) is 2. The number of aromatic nitrogens is 3. The van der Waals surface area contributed by atoms with Gasteiger partial charge in [-0.1, -0.05) is 12.1 Å². The van der Waals surface area contributed by atoms with Gasteiger partial charge >= 0.3 is 5.97 Å². The van der Waals surface area contributed by atoms with Crippen molar-refractivity contribution in [2.45, 2.75) is 19.3 Å². The zero-order chi connectivity index (χ0) is 17.5. The van der Waals surface area contributed by atoms with E-state index in [9.17, 15) is 9.18 Å². The summed E-state index contributed by atoms with van der Waals surface area (Å²) in [4.78, 5) is 23.3. The number of fused-ring (bicyclic) bond motifs is 1. The molecule has 0 saturated heterocycles. The van der Waals surface area contributed by atoms with Crippen LogP contribution in [-0.4, -0.2) is 34.1 Å². The lowest BCUT2D eigenvalue weighted by Gasteiger charge is -2.06. The van der Waals surface area contributed by atoms with Crippen molar-refractivity contribution < 1.29 is 18.7 Å². The number of halogens is 1. The number of benzene rings is 1. The summed E-state index contributed by atoms with van der Waals surface area (Å²) in [5, 5.41) is 1.02. The van der Waals surface area contributed by atoms with E-state index in [0.29, 0.717) is 12.8 Å². The second-order valence-electron chi connectivity index (χ2n) is 5.18. The molecule has 6 nitrogen and oxygen atoms in total. The van der Waals surface area contributed by atoms with E-state index in [1.165, 1.54) is 6.20 Å². The Kier molecular flexibility index (Phi) is 5.84. The fourth-order valence-corrected chi connectivity index (χ4v) is 3.19. The van der Waals surface area contributed by atoms with Gasteiger partial charge in [0, 0.05) is 6.42 Å². The van der Waals surface area contributed by atoms with Crippen LogP contribution >= 0.6 is 11.3 Å². The number of para-hydroxylation sites is 1. The Morgan fingerprint density at radius 3 is 2.88 bits per heavy atom. The fraction of sp³-hybridized carbons (Fsp3) is 0.294. The van der Waals surface area contributed by atoms with E-state index in [0.717, 1.165) is 27.8 Å². The average Bonchev–Trinajstić information content (AvgIpc) is 3.01. The third kappa shape index (κ3) is 5.18. The van der Waals surface area contributed by atoms with Crippen LogP contribution in [0.15, 0.2) is 36.7 Å². The molecule has 0 atom stereocenters. The van der Waals surface area contributed by atoms with Crippen LogP contribution in [0.1, 0.15) is 17.8 Å². The summed E-state index contributed by atoms with van der Waals surface area (Å²) >= 11 is 1.64. The molecule has 0 aliphatic carbocycles. The molecule has 0 amide bonds. The van der Waals surface area contributed by atoms with Crippen LogP contribution in [0.4, 0.5) is 4.39 Å². The molecule has 0 aliphatic rings. The highest BCUT2D eigenvalue weighted by molar-refractivity contribution is 7.18. The summed E-state index contributed by atoms with van der Waals surface area (Å²) in [6, 6.07) is 7.96. The topological polar surface area (TPSA) is 74.2 Å². The number of hydrogen-bond donors (Lipinski definition) is 0. The Hall–Kier alpha value is -2.61. The van der Waals surface area contributed by atoms with Crippen LogP contribution in [-0.2, 0) is 16.0 Å². The van der Waals surface area contributed by atoms with Crippen molar-refractivity contribution in [1.82, 2.24) is 15.0 Å². The maximum atomic E-state index is 12.8. The fourth-order valence-electron chi connectivity index (χ4n) is 2.18. The number of thiazole rings is 1. The molecule has 0 unspecified atom stereocenters. The van der Waals surface area contributed by atoms with E-state index in [2.05, 4.69) is 15.0 Å². The van der Waals surface area contributed by atoms with Crippen LogP contribution in [0.2, 0.25) is 0 Å². The molecule has 0 saturated carbocycles. The molecular formula is C17H16FN3O3S. The molecule has 3 rings (SSSR count). The first kappa shape index (κ1) is 17.2. The lowest BCUT2D eigenvalue weighted by Crippen LogP contribution is -2.13. The summed E-state index contributed by atoms with van der Waals surface area (Å²) < 4.78 is 24.2. The molecule has 2 heterocycles. The lowest BCUT2D eigenvalue weighted by molar-refractivity contribution is -0.144. The van der Waals surface area contributed by atoms with Crippen molar-refractivity contribution in [3.8, 4) is 5.88 Å². The highest BCUT2D eigenvalue weighted by atomic mass is 32.1. The van der Waals surface area contributed by atoms with E-state index < -0.39 is 5.95 Å². The maximum Gasteiger partial charge on any atom is 0.305 e. The minimum atomic E-state index is -0.718. The van der Waals surface area contributed by atoms with Gasteiger partial charge in [-0.05, 0) is 25.0 Å². The van der Waals surface area contributed by atoms with Gasteiger partial charge < -0.3 is 9.47 Å². The summed E-state index contributed by atoms with van der Waals surface area (Å²) in [5.74, 6) is -0.953. The molecule has 8 heteroatoms. The van der Waals surface area contributed by atoms with Crippen molar-refractivity contribution in [2.24, 2.45) is 0 Å². The second-order valence-corrected chi connectivity index (χ2v) is 6.29. The maximum absolute atomic E-state index is 12.8. The third-order valence-corrected chi connectivity index (χ3v) is 4.39. The largest absolute Gasteiger partial charge is 0.473 e. The highest BCUT2D eigenvalue weighted by Crippen LogP contribution is 2.22. The van der Waals surface area contributed by atoms with Crippen LogP contribution in [0.25, 0.3) is 10.2 Å². The van der Waals surface area contributed by atoms with Crippen molar-refractivity contribution in [3.63, 3.8) is 0 Å². The number of carbonyl (C=O) groups excluding carboxylic acids is 1. The van der Waals surface area contributed by atoms with Crippen molar-refractivity contribution in [2.75, 3.05) is 13.2 Å². The molecule has 0 bridgehead atoms. The van der Waals surface area contributed by atoms with Gasteiger partial charge in [0.25, 0.3) is 0 Å². The van der Waals surface area contributed by atoms with Crippen molar-refractivity contribution >= 4 is 27.5 Å².